The minimum Gasteiger partial charge on any atom is -0.481 e. The lowest BCUT2D eigenvalue weighted by atomic mass is 9.64. The van der Waals surface area contributed by atoms with Crippen LogP contribution in [0.4, 0.5) is 0 Å². The van der Waals surface area contributed by atoms with E-state index in [1.165, 1.54) is 6.42 Å². The van der Waals surface area contributed by atoms with Gasteiger partial charge < -0.3 is 10.4 Å². The molecule has 3 atom stereocenters. The summed E-state index contributed by atoms with van der Waals surface area (Å²) in [7, 11) is 0. The molecular weight excluding hydrogens is 190 g/mol. The first-order chi connectivity index (χ1) is 6.99. The van der Waals surface area contributed by atoms with Crippen molar-refractivity contribution in [2.24, 2.45) is 17.3 Å². The van der Waals surface area contributed by atoms with E-state index in [9.17, 15) is 9.90 Å². The van der Waals surface area contributed by atoms with Gasteiger partial charge >= 0.3 is 5.97 Å². The van der Waals surface area contributed by atoms with Gasteiger partial charge in [0.15, 0.2) is 0 Å². The van der Waals surface area contributed by atoms with E-state index in [2.05, 4.69) is 19.2 Å². The van der Waals surface area contributed by atoms with Crippen LogP contribution in [0.15, 0.2) is 0 Å². The van der Waals surface area contributed by atoms with E-state index < -0.39 is 5.97 Å². The summed E-state index contributed by atoms with van der Waals surface area (Å²) in [5.41, 5.74) is 0.327. The zero-order chi connectivity index (χ0) is 11.1. The van der Waals surface area contributed by atoms with Crippen molar-refractivity contribution in [1.29, 1.82) is 0 Å². The molecule has 0 radical (unpaired) electrons. The average Bonchev–Trinajstić information content (AvgIpc) is 2.15. The van der Waals surface area contributed by atoms with Gasteiger partial charge in [-0.05, 0) is 43.6 Å². The fourth-order valence-electron chi connectivity index (χ4n) is 3.26. The van der Waals surface area contributed by atoms with E-state index in [-0.39, 0.29) is 5.92 Å². The molecule has 15 heavy (non-hydrogen) atoms. The summed E-state index contributed by atoms with van der Waals surface area (Å²) in [4.78, 5) is 11.2. The highest BCUT2D eigenvalue weighted by Gasteiger charge is 2.43. The van der Waals surface area contributed by atoms with Gasteiger partial charge in [0.1, 0.15) is 0 Å². The van der Waals surface area contributed by atoms with Gasteiger partial charge in [0.25, 0.3) is 0 Å². The molecule has 1 aliphatic carbocycles. The van der Waals surface area contributed by atoms with Crippen LogP contribution >= 0.6 is 0 Å². The third-order valence-electron chi connectivity index (χ3n) is 4.13. The fourth-order valence-corrected chi connectivity index (χ4v) is 3.26. The summed E-state index contributed by atoms with van der Waals surface area (Å²) in [6, 6.07) is 0.452. The Morgan fingerprint density at radius 1 is 1.40 bits per heavy atom. The SMILES string of the molecule is CC1(C)CCC2NCCC(C(=O)O)C2C1. The van der Waals surface area contributed by atoms with Crippen LogP contribution in [-0.2, 0) is 4.79 Å². The summed E-state index contributed by atoms with van der Waals surface area (Å²) < 4.78 is 0. The molecule has 3 heteroatoms. The van der Waals surface area contributed by atoms with Crippen LogP contribution in [0, 0.1) is 17.3 Å². The summed E-state index contributed by atoms with van der Waals surface area (Å²) in [6.07, 6.45) is 4.21. The lowest BCUT2D eigenvalue weighted by Gasteiger charge is -2.46. The van der Waals surface area contributed by atoms with Gasteiger partial charge in [-0.3, -0.25) is 4.79 Å². The number of fused-ring (bicyclic) bond motifs is 1. The Hall–Kier alpha value is -0.570. The quantitative estimate of drug-likeness (QED) is 0.696. The number of carboxylic acid groups (broad SMARTS) is 1. The van der Waals surface area contributed by atoms with Crippen molar-refractivity contribution in [2.75, 3.05) is 6.54 Å². The zero-order valence-corrected chi connectivity index (χ0v) is 9.62. The van der Waals surface area contributed by atoms with Gasteiger partial charge in [-0.2, -0.15) is 0 Å². The van der Waals surface area contributed by atoms with Gasteiger partial charge in [-0.1, -0.05) is 13.8 Å². The number of hydrogen-bond acceptors (Lipinski definition) is 2. The molecule has 0 spiro atoms. The first kappa shape index (κ1) is 10.9. The molecule has 3 unspecified atom stereocenters. The second-order valence-corrected chi connectivity index (χ2v) is 5.86. The van der Waals surface area contributed by atoms with Crippen LogP contribution in [0.3, 0.4) is 0 Å². The van der Waals surface area contributed by atoms with Crippen molar-refractivity contribution in [2.45, 2.75) is 45.6 Å². The van der Waals surface area contributed by atoms with Crippen LogP contribution in [-0.4, -0.2) is 23.7 Å². The maximum Gasteiger partial charge on any atom is 0.306 e. The molecule has 2 N–H and O–H groups in total. The first-order valence-electron chi connectivity index (χ1n) is 5.96. The Labute approximate surface area is 91.2 Å². The van der Waals surface area contributed by atoms with Crippen molar-refractivity contribution in [1.82, 2.24) is 5.32 Å². The molecule has 0 aromatic rings. The molecule has 1 saturated carbocycles. The van der Waals surface area contributed by atoms with Gasteiger partial charge in [-0.25, -0.2) is 0 Å². The van der Waals surface area contributed by atoms with Crippen molar-refractivity contribution in [3.63, 3.8) is 0 Å². The minimum atomic E-state index is -0.593. The molecule has 2 rings (SSSR count). The van der Waals surface area contributed by atoms with E-state index >= 15 is 0 Å². The maximum atomic E-state index is 11.2. The Balaban J connectivity index is 2.13. The predicted octanol–water partition coefficient (Wildman–Crippen LogP) is 1.88. The number of carbonyl (C=O) groups is 1. The van der Waals surface area contributed by atoms with E-state index in [1.807, 2.05) is 0 Å². The van der Waals surface area contributed by atoms with Crippen molar-refractivity contribution < 1.29 is 9.90 Å². The average molecular weight is 211 g/mol. The van der Waals surface area contributed by atoms with E-state index in [1.54, 1.807) is 0 Å². The lowest BCUT2D eigenvalue weighted by Crippen LogP contribution is -2.52. The predicted molar refractivity (Wildman–Crippen MR) is 58.7 cm³/mol. The highest BCUT2D eigenvalue weighted by Crippen LogP contribution is 2.43. The molecule has 1 heterocycles. The molecule has 0 amide bonds. The Morgan fingerprint density at radius 2 is 2.13 bits per heavy atom. The normalized spacial score (nSPS) is 39.5. The summed E-state index contributed by atoms with van der Waals surface area (Å²) in [5.74, 6) is -0.361. The van der Waals surface area contributed by atoms with Gasteiger partial charge in [0, 0.05) is 6.04 Å². The summed E-state index contributed by atoms with van der Waals surface area (Å²) >= 11 is 0. The van der Waals surface area contributed by atoms with Gasteiger partial charge in [-0.15, -0.1) is 0 Å². The highest BCUT2D eigenvalue weighted by atomic mass is 16.4. The second-order valence-electron chi connectivity index (χ2n) is 5.86. The largest absolute Gasteiger partial charge is 0.481 e. The monoisotopic (exact) mass is 211 g/mol. The minimum absolute atomic E-state index is 0.115. The van der Waals surface area contributed by atoms with Crippen molar-refractivity contribution >= 4 is 5.97 Å². The van der Waals surface area contributed by atoms with Gasteiger partial charge in [0.05, 0.1) is 5.92 Å². The zero-order valence-electron chi connectivity index (χ0n) is 9.62. The molecule has 3 nitrogen and oxygen atoms in total. The van der Waals surface area contributed by atoms with Crippen molar-refractivity contribution in [3.05, 3.63) is 0 Å². The molecule has 1 saturated heterocycles. The molecule has 0 aromatic carbocycles. The Kier molecular flexibility index (Phi) is 2.75. The molecule has 0 aromatic heterocycles. The fraction of sp³-hybridized carbons (Fsp3) is 0.917. The number of piperidine rings is 1. The van der Waals surface area contributed by atoms with Crippen LogP contribution in [0.25, 0.3) is 0 Å². The maximum absolute atomic E-state index is 11.2. The van der Waals surface area contributed by atoms with Crippen LogP contribution in [0.5, 0.6) is 0 Å². The van der Waals surface area contributed by atoms with E-state index in [0.717, 1.165) is 25.8 Å². The number of nitrogens with one attached hydrogen (secondary N) is 1. The number of rotatable bonds is 1. The Bertz CT molecular complexity index is 262. The number of carboxylic acids is 1. The molecule has 2 fully saturated rings. The van der Waals surface area contributed by atoms with Crippen LogP contribution < -0.4 is 5.32 Å². The third kappa shape index (κ3) is 2.17. The molecule has 0 bridgehead atoms. The number of aliphatic carboxylic acids is 1. The summed E-state index contributed by atoms with van der Waals surface area (Å²) in [5, 5.41) is 12.7. The standard InChI is InChI=1S/C12H21NO2/c1-12(2)5-3-10-9(7-12)8(11(14)15)4-6-13-10/h8-10,13H,3-7H2,1-2H3,(H,14,15). The van der Waals surface area contributed by atoms with Crippen molar-refractivity contribution in [3.8, 4) is 0 Å². The molecule has 1 aliphatic heterocycles. The summed E-state index contributed by atoms with van der Waals surface area (Å²) in [6.45, 7) is 5.39. The highest BCUT2D eigenvalue weighted by molar-refractivity contribution is 5.70. The molecule has 2 aliphatic rings. The van der Waals surface area contributed by atoms with Crippen LogP contribution in [0.2, 0.25) is 0 Å². The Morgan fingerprint density at radius 3 is 2.80 bits per heavy atom. The second kappa shape index (κ2) is 3.78. The molecule has 86 valence electrons. The number of hydrogen-bond donors (Lipinski definition) is 2. The van der Waals surface area contributed by atoms with E-state index in [4.69, 9.17) is 0 Å². The van der Waals surface area contributed by atoms with Crippen LogP contribution in [0.1, 0.15) is 39.5 Å². The smallest absolute Gasteiger partial charge is 0.306 e. The molecular formula is C12H21NO2. The topological polar surface area (TPSA) is 49.3 Å². The van der Waals surface area contributed by atoms with Gasteiger partial charge in [0.2, 0.25) is 0 Å². The third-order valence-corrected chi connectivity index (χ3v) is 4.13. The lowest BCUT2D eigenvalue weighted by molar-refractivity contribution is -0.146. The van der Waals surface area contributed by atoms with E-state index in [0.29, 0.717) is 17.4 Å². The first-order valence-corrected chi connectivity index (χ1v) is 5.96.